The van der Waals surface area contributed by atoms with E-state index in [1.165, 1.54) is 5.56 Å². The van der Waals surface area contributed by atoms with E-state index in [4.69, 9.17) is 4.74 Å². The molecule has 1 aromatic rings. The van der Waals surface area contributed by atoms with Crippen LogP contribution in [0.1, 0.15) is 39.3 Å². The number of benzene rings is 1. The predicted molar refractivity (Wildman–Crippen MR) is 73.3 cm³/mol. The maximum absolute atomic E-state index is 11.6. The van der Waals surface area contributed by atoms with Crippen LogP contribution >= 0.6 is 0 Å². The lowest BCUT2D eigenvalue weighted by Gasteiger charge is -2.32. The molecule has 0 saturated heterocycles. The van der Waals surface area contributed by atoms with Crippen LogP contribution < -0.4 is 0 Å². The molecule has 3 nitrogen and oxygen atoms in total. The number of ether oxygens (including phenoxy) is 1. The van der Waals surface area contributed by atoms with Crippen molar-refractivity contribution in [3.63, 3.8) is 0 Å². The monoisotopic (exact) mass is 249 g/mol. The fourth-order valence-corrected chi connectivity index (χ4v) is 2.05. The van der Waals surface area contributed by atoms with Gasteiger partial charge in [-0.2, -0.15) is 0 Å². The molecule has 18 heavy (non-hydrogen) atoms. The van der Waals surface area contributed by atoms with E-state index in [2.05, 4.69) is 37.8 Å². The average molecular weight is 249 g/mol. The van der Waals surface area contributed by atoms with Gasteiger partial charge in [0, 0.05) is 12.1 Å². The first-order valence-electron chi connectivity index (χ1n) is 6.52. The van der Waals surface area contributed by atoms with Crippen molar-refractivity contribution in [2.75, 3.05) is 13.2 Å². The molecule has 1 aromatic carbocycles. The summed E-state index contributed by atoms with van der Waals surface area (Å²) in [6.07, 6.45) is 0. The SMILES string of the molecule is CCOC(=O)CN(C(C)C)C(C)c1ccccc1. The summed E-state index contributed by atoms with van der Waals surface area (Å²) >= 11 is 0. The molecule has 0 saturated carbocycles. The fourth-order valence-electron chi connectivity index (χ4n) is 2.05. The number of carbonyl (C=O) groups is 1. The summed E-state index contributed by atoms with van der Waals surface area (Å²) in [5.74, 6) is -0.158. The van der Waals surface area contributed by atoms with E-state index in [1.54, 1.807) is 0 Å². The maximum Gasteiger partial charge on any atom is 0.320 e. The Morgan fingerprint density at radius 3 is 2.33 bits per heavy atom. The highest BCUT2D eigenvalue weighted by Crippen LogP contribution is 2.21. The molecule has 0 spiro atoms. The minimum absolute atomic E-state index is 0.158. The molecule has 3 heteroatoms. The van der Waals surface area contributed by atoms with Gasteiger partial charge in [-0.3, -0.25) is 9.69 Å². The Bertz CT molecular complexity index is 362. The summed E-state index contributed by atoms with van der Waals surface area (Å²) in [6, 6.07) is 10.7. The van der Waals surface area contributed by atoms with Gasteiger partial charge in [-0.1, -0.05) is 30.3 Å². The van der Waals surface area contributed by atoms with Gasteiger partial charge < -0.3 is 4.74 Å². The fraction of sp³-hybridized carbons (Fsp3) is 0.533. The normalized spacial score (nSPS) is 12.8. The van der Waals surface area contributed by atoms with Crippen molar-refractivity contribution in [1.29, 1.82) is 0 Å². The first-order chi connectivity index (χ1) is 8.56. The summed E-state index contributed by atoms with van der Waals surface area (Å²) in [4.78, 5) is 13.8. The van der Waals surface area contributed by atoms with Crippen molar-refractivity contribution in [3.8, 4) is 0 Å². The number of nitrogens with zero attached hydrogens (tertiary/aromatic N) is 1. The van der Waals surface area contributed by atoms with Crippen LogP contribution in [0, 0.1) is 0 Å². The van der Waals surface area contributed by atoms with Crippen LogP contribution in [0.15, 0.2) is 30.3 Å². The zero-order chi connectivity index (χ0) is 13.5. The van der Waals surface area contributed by atoms with E-state index < -0.39 is 0 Å². The van der Waals surface area contributed by atoms with Crippen molar-refractivity contribution < 1.29 is 9.53 Å². The predicted octanol–water partition coefficient (Wildman–Crippen LogP) is 3.02. The Morgan fingerprint density at radius 2 is 1.83 bits per heavy atom. The van der Waals surface area contributed by atoms with E-state index in [1.807, 2.05) is 25.1 Å². The summed E-state index contributed by atoms with van der Waals surface area (Å²) in [5.41, 5.74) is 1.22. The second kappa shape index (κ2) is 7.17. The van der Waals surface area contributed by atoms with Gasteiger partial charge in [0.1, 0.15) is 0 Å². The molecule has 1 unspecified atom stereocenters. The molecule has 0 aliphatic carbocycles. The van der Waals surface area contributed by atoms with Gasteiger partial charge >= 0.3 is 5.97 Å². The van der Waals surface area contributed by atoms with Gasteiger partial charge in [0.2, 0.25) is 0 Å². The molecule has 0 bridgehead atoms. The third-order valence-electron chi connectivity index (χ3n) is 3.06. The van der Waals surface area contributed by atoms with Crippen molar-refractivity contribution in [2.45, 2.75) is 39.8 Å². The first-order valence-corrected chi connectivity index (χ1v) is 6.52. The number of rotatable bonds is 6. The van der Waals surface area contributed by atoms with Gasteiger partial charge in [0.05, 0.1) is 13.2 Å². The van der Waals surface area contributed by atoms with Crippen molar-refractivity contribution >= 4 is 5.97 Å². The van der Waals surface area contributed by atoms with E-state index >= 15 is 0 Å². The van der Waals surface area contributed by atoms with Gasteiger partial charge in [-0.15, -0.1) is 0 Å². The Morgan fingerprint density at radius 1 is 1.22 bits per heavy atom. The summed E-state index contributed by atoms with van der Waals surface area (Å²) in [6.45, 7) is 8.91. The molecular formula is C15H23NO2. The molecule has 0 amide bonds. The zero-order valence-corrected chi connectivity index (χ0v) is 11.7. The Balaban J connectivity index is 2.76. The molecular weight excluding hydrogens is 226 g/mol. The van der Waals surface area contributed by atoms with Gasteiger partial charge in [0.25, 0.3) is 0 Å². The van der Waals surface area contributed by atoms with Crippen LogP contribution in [0.4, 0.5) is 0 Å². The maximum atomic E-state index is 11.6. The van der Waals surface area contributed by atoms with Crippen LogP contribution in [-0.2, 0) is 9.53 Å². The van der Waals surface area contributed by atoms with E-state index in [9.17, 15) is 4.79 Å². The van der Waals surface area contributed by atoms with Crippen LogP contribution in [-0.4, -0.2) is 30.1 Å². The standard InChI is InChI=1S/C15H23NO2/c1-5-18-15(17)11-16(12(2)3)13(4)14-9-7-6-8-10-14/h6-10,12-13H,5,11H2,1-4H3. The van der Waals surface area contributed by atoms with E-state index in [0.717, 1.165) is 0 Å². The topological polar surface area (TPSA) is 29.5 Å². The highest BCUT2D eigenvalue weighted by Gasteiger charge is 2.21. The number of hydrogen-bond acceptors (Lipinski definition) is 3. The van der Waals surface area contributed by atoms with Gasteiger partial charge in [-0.05, 0) is 33.3 Å². The molecule has 0 aliphatic rings. The van der Waals surface area contributed by atoms with Crippen LogP contribution in [0.5, 0.6) is 0 Å². The van der Waals surface area contributed by atoms with Crippen LogP contribution in [0.3, 0.4) is 0 Å². The lowest BCUT2D eigenvalue weighted by Crippen LogP contribution is -2.38. The van der Waals surface area contributed by atoms with Crippen molar-refractivity contribution in [1.82, 2.24) is 4.90 Å². The van der Waals surface area contributed by atoms with Crippen LogP contribution in [0.25, 0.3) is 0 Å². The third-order valence-corrected chi connectivity index (χ3v) is 3.06. The summed E-state index contributed by atoms with van der Waals surface area (Å²) < 4.78 is 5.03. The molecule has 100 valence electrons. The van der Waals surface area contributed by atoms with Crippen molar-refractivity contribution in [2.24, 2.45) is 0 Å². The molecule has 0 aliphatic heterocycles. The Hall–Kier alpha value is -1.35. The van der Waals surface area contributed by atoms with E-state index in [0.29, 0.717) is 19.2 Å². The summed E-state index contributed by atoms with van der Waals surface area (Å²) in [5, 5.41) is 0. The summed E-state index contributed by atoms with van der Waals surface area (Å²) in [7, 11) is 0. The molecule has 0 fully saturated rings. The lowest BCUT2D eigenvalue weighted by atomic mass is 10.1. The van der Waals surface area contributed by atoms with Gasteiger partial charge in [-0.25, -0.2) is 0 Å². The molecule has 1 rings (SSSR count). The number of hydrogen-bond donors (Lipinski definition) is 0. The Labute approximate surface area is 110 Å². The zero-order valence-electron chi connectivity index (χ0n) is 11.7. The number of esters is 1. The Kier molecular flexibility index (Phi) is 5.86. The molecule has 1 atom stereocenters. The average Bonchev–Trinajstić information content (AvgIpc) is 2.36. The minimum atomic E-state index is -0.158. The minimum Gasteiger partial charge on any atom is -0.465 e. The highest BCUT2D eigenvalue weighted by molar-refractivity contribution is 5.71. The largest absolute Gasteiger partial charge is 0.465 e. The smallest absolute Gasteiger partial charge is 0.320 e. The van der Waals surface area contributed by atoms with Crippen molar-refractivity contribution in [3.05, 3.63) is 35.9 Å². The second-order valence-electron chi connectivity index (χ2n) is 4.66. The molecule has 0 N–H and O–H groups in total. The highest BCUT2D eigenvalue weighted by atomic mass is 16.5. The lowest BCUT2D eigenvalue weighted by molar-refractivity contribution is -0.145. The molecule has 0 heterocycles. The first kappa shape index (κ1) is 14.7. The van der Waals surface area contributed by atoms with Crippen LogP contribution in [0.2, 0.25) is 0 Å². The molecule has 0 aromatic heterocycles. The third kappa shape index (κ3) is 4.15. The number of carbonyl (C=O) groups excluding carboxylic acids is 1. The molecule has 0 radical (unpaired) electrons. The van der Waals surface area contributed by atoms with Gasteiger partial charge in [0.15, 0.2) is 0 Å². The quantitative estimate of drug-likeness (QED) is 0.726. The van der Waals surface area contributed by atoms with E-state index in [-0.39, 0.29) is 12.0 Å². The second-order valence-corrected chi connectivity index (χ2v) is 4.66.